The molecule has 4 heteroatoms. The Labute approximate surface area is 159 Å². The molecule has 0 spiro atoms. The van der Waals surface area contributed by atoms with Crippen LogP contribution in [0.3, 0.4) is 0 Å². The standard InChI is InChI=1S/C22H35N3O/c1-4-25(20-10-6-5-7-11-20)22(26)17-23-13-15-24(16-14-23)21-12-8-9-18(2)19(21)3/h8-9,12,20H,4-7,10-11,13-17H2,1-3H3. The summed E-state index contributed by atoms with van der Waals surface area (Å²) in [7, 11) is 0. The minimum atomic E-state index is 0.333. The second kappa shape index (κ2) is 8.90. The summed E-state index contributed by atoms with van der Waals surface area (Å²) < 4.78 is 0. The zero-order valence-electron chi connectivity index (χ0n) is 16.8. The summed E-state index contributed by atoms with van der Waals surface area (Å²) in [5, 5.41) is 0. The Morgan fingerprint density at radius 1 is 1.08 bits per heavy atom. The lowest BCUT2D eigenvalue weighted by molar-refractivity contribution is -0.135. The molecule has 2 fully saturated rings. The number of aryl methyl sites for hydroxylation is 1. The van der Waals surface area contributed by atoms with E-state index >= 15 is 0 Å². The van der Waals surface area contributed by atoms with Gasteiger partial charge in [-0.3, -0.25) is 9.69 Å². The van der Waals surface area contributed by atoms with E-state index in [2.05, 4.69) is 53.7 Å². The maximum absolute atomic E-state index is 12.9. The van der Waals surface area contributed by atoms with E-state index in [0.29, 0.717) is 18.5 Å². The number of benzene rings is 1. The largest absolute Gasteiger partial charge is 0.369 e. The van der Waals surface area contributed by atoms with Gasteiger partial charge in [-0.1, -0.05) is 31.4 Å². The third-order valence-corrected chi connectivity index (χ3v) is 6.32. The molecule has 1 aliphatic heterocycles. The molecule has 0 unspecified atom stereocenters. The Kier molecular flexibility index (Phi) is 6.58. The number of carbonyl (C=O) groups excluding carboxylic acids is 1. The van der Waals surface area contributed by atoms with E-state index in [4.69, 9.17) is 0 Å². The van der Waals surface area contributed by atoms with Gasteiger partial charge in [-0.05, 0) is 50.8 Å². The van der Waals surface area contributed by atoms with E-state index in [-0.39, 0.29) is 0 Å². The van der Waals surface area contributed by atoms with Crippen LogP contribution in [-0.4, -0.2) is 61.0 Å². The van der Waals surface area contributed by atoms with E-state index in [1.165, 1.54) is 48.9 Å². The fraction of sp³-hybridized carbons (Fsp3) is 0.682. The quantitative estimate of drug-likeness (QED) is 0.805. The van der Waals surface area contributed by atoms with Crippen LogP contribution < -0.4 is 4.90 Å². The van der Waals surface area contributed by atoms with Crippen molar-refractivity contribution in [2.45, 2.75) is 58.9 Å². The molecule has 1 aromatic rings. The number of anilines is 1. The summed E-state index contributed by atoms with van der Waals surface area (Å²) in [6.45, 7) is 11.9. The van der Waals surface area contributed by atoms with Crippen molar-refractivity contribution in [1.29, 1.82) is 0 Å². The van der Waals surface area contributed by atoms with Crippen molar-refractivity contribution in [3.8, 4) is 0 Å². The molecule has 2 aliphatic rings. The van der Waals surface area contributed by atoms with Crippen molar-refractivity contribution < 1.29 is 4.79 Å². The van der Waals surface area contributed by atoms with E-state index in [1.54, 1.807) is 0 Å². The average molecular weight is 358 g/mol. The van der Waals surface area contributed by atoms with Gasteiger partial charge in [0.05, 0.1) is 6.54 Å². The Morgan fingerprint density at radius 3 is 2.42 bits per heavy atom. The first-order chi connectivity index (χ1) is 12.6. The van der Waals surface area contributed by atoms with Crippen molar-refractivity contribution in [2.75, 3.05) is 44.2 Å². The van der Waals surface area contributed by atoms with Crippen molar-refractivity contribution in [2.24, 2.45) is 0 Å². The molecule has 4 nitrogen and oxygen atoms in total. The van der Waals surface area contributed by atoms with Crippen LogP contribution in [0.4, 0.5) is 5.69 Å². The predicted molar refractivity (Wildman–Crippen MR) is 109 cm³/mol. The second-order valence-electron chi connectivity index (χ2n) is 7.95. The molecular formula is C22H35N3O. The van der Waals surface area contributed by atoms with Gasteiger partial charge in [0.2, 0.25) is 5.91 Å². The van der Waals surface area contributed by atoms with Crippen molar-refractivity contribution in [1.82, 2.24) is 9.80 Å². The summed E-state index contributed by atoms with van der Waals surface area (Å²) in [5.74, 6) is 0.333. The molecule has 1 heterocycles. The Morgan fingerprint density at radius 2 is 1.77 bits per heavy atom. The van der Waals surface area contributed by atoms with Crippen molar-refractivity contribution in [3.63, 3.8) is 0 Å². The fourth-order valence-electron chi connectivity index (χ4n) is 4.54. The lowest BCUT2D eigenvalue weighted by Crippen LogP contribution is -2.52. The molecule has 0 N–H and O–H groups in total. The first-order valence-electron chi connectivity index (χ1n) is 10.4. The number of piperazine rings is 1. The van der Waals surface area contributed by atoms with Crippen LogP contribution in [0.2, 0.25) is 0 Å². The Bertz CT molecular complexity index is 601. The first-order valence-corrected chi connectivity index (χ1v) is 10.4. The predicted octanol–water partition coefficient (Wildman–Crippen LogP) is 3.61. The van der Waals surface area contributed by atoms with Crippen LogP contribution in [0, 0.1) is 13.8 Å². The smallest absolute Gasteiger partial charge is 0.236 e. The molecule has 0 aromatic heterocycles. The molecule has 3 rings (SSSR count). The van der Waals surface area contributed by atoms with Crippen LogP contribution >= 0.6 is 0 Å². The molecule has 1 saturated carbocycles. The summed E-state index contributed by atoms with van der Waals surface area (Å²) in [6, 6.07) is 7.04. The molecule has 144 valence electrons. The summed E-state index contributed by atoms with van der Waals surface area (Å²) >= 11 is 0. The lowest BCUT2D eigenvalue weighted by Gasteiger charge is -2.39. The minimum Gasteiger partial charge on any atom is -0.369 e. The SMILES string of the molecule is CCN(C(=O)CN1CCN(c2cccc(C)c2C)CC1)C1CCCCC1. The monoisotopic (exact) mass is 357 g/mol. The zero-order valence-corrected chi connectivity index (χ0v) is 16.8. The van der Waals surface area contributed by atoms with Gasteiger partial charge in [0.1, 0.15) is 0 Å². The third kappa shape index (κ3) is 4.40. The third-order valence-electron chi connectivity index (χ3n) is 6.32. The van der Waals surface area contributed by atoms with E-state index in [1.807, 2.05) is 0 Å². The van der Waals surface area contributed by atoms with Gasteiger partial charge in [-0.15, -0.1) is 0 Å². The second-order valence-corrected chi connectivity index (χ2v) is 7.95. The average Bonchev–Trinajstić information content (AvgIpc) is 2.66. The van der Waals surface area contributed by atoms with Gasteiger partial charge in [0.15, 0.2) is 0 Å². The number of likely N-dealkylation sites (N-methyl/N-ethyl adjacent to an activating group) is 1. The molecule has 1 aromatic carbocycles. The van der Waals surface area contributed by atoms with Crippen LogP contribution in [-0.2, 0) is 4.79 Å². The molecule has 1 saturated heterocycles. The number of carbonyl (C=O) groups is 1. The van der Waals surface area contributed by atoms with Crippen LogP contribution in [0.15, 0.2) is 18.2 Å². The molecule has 1 aliphatic carbocycles. The lowest BCUT2D eigenvalue weighted by atomic mass is 9.94. The van der Waals surface area contributed by atoms with Crippen LogP contribution in [0.25, 0.3) is 0 Å². The van der Waals surface area contributed by atoms with Crippen LogP contribution in [0.5, 0.6) is 0 Å². The summed E-state index contributed by atoms with van der Waals surface area (Å²) in [5.41, 5.74) is 4.09. The Balaban J connectivity index is 1.53. The minimum absolute atomic E-state index is 0.333. The molecule has 0 bridgehead atoms. The van der Waals surface area contributed by atoms with E-state index in [0.717, 1.165) is 32.7 Å². The van der Waals surface area contributed by atoms with Gasteiger partial charge in [-0.2, -0.15) is 0 Å². The highest BCUT2D eigenvalue weighted by atomic mass is 16.2. The van der Waals surface area contributed by atoms with Gasteiger partial charge in [0.25, 0.3) is 0 Å². The maximum Gasteiger partial charge on any atom is 0.236 e. The first kappa shape index (κ1) is 19.2. The number of hydrogen-bond donors (Lipinski definition) is 0. The Hall–Kier alpha value is -1.55. The maximum atomic E-state index is 12.9. The van der Waals surface area contributed by atoms with Gasteiger partial charge in [0, 0.05) is 44.5 Å². The fourth-order valence-corrected chi connectivity index (χ4v) is 4.54. The van der Waals surface area contributed by atoms with Gasteiger partial charge in [-0.25, -0.2) is 0 Å². The highest BCUT2D eigenvalue weighted by molar-refractivity contribution is 5.78. The van der Waals surface area contributed by atoms with Crippen LogP contribution in [0.1, 0.15) is 50.2 Å². The highest BCUT2D eigenvalue weighted by Gasteiger charge is 2.27. The molecule has 0 atom stereocenters. The van der Waals surface area contributed by atoms with Crippen molar-refractivity contribution in [3.05, 3.63) is 29.3 Å². The normalized spacial score (nSPS) is 19.6. The molecule has 26 heavy (non-hydrogen) atoms. The summed E-state index contributed by atoms with van der Waals surface area (Å²) in [6.07, 6.45) is 6.29. The topological polar surface area (TPSA) is 26.8 Å². The summed E-state index contributed by atoms with van der Waals surface area (Å²) in [4.78, 5) is 19.8. The number of amides is 1. The van der Waals surface area contributed by atoms with E-state index in [9.17, 15) is 4.79 Å². The zero-order chi connectivity index (χ0) is 18.5. The number of hydrogen-bond acceptors (Lipinski definition) is 3. The molecule has 1 amide bonds. The number of nitrogens with zero attached hydrogens (tertiary/aromatic N) is 3. The van der Waals surface area contributed by atoms with Crippen molar-refractivity contribution >= 4 is 11.6 Å². The highest BCUT2D eigenvalue weighted by Crippen LogP contribution is 2.25. The van der Waals surface area contributed by atoms with Gasteiger partial charge < -0.3 is 9.80 Å². The van der Waals surface area contributed by atoms with Gasteiger partial charge >= 0.3 is 0 Å². The number of rotatable bonds is 5. The molecule has 0 radical (unpaired) electrons. The molecular weight excluding hydrogens is 322 g/mol. The van der Waals surface area contributed by atoms with E-state index < -0.39 is 0 Å².